The van der Waals surface area contributed by atoms with E-state index < -0.39 is 24.4 Å². The standard InChI is InChI=1S/2C5H10O2/c2*6-4-2-1-3-5(4)7/h2*4-7H,1-3H2/t2*4-,5-/m10/s1. The Kier molecular flexibility index (Phi) is 4.81. The van der Waals surface area contributed by atoms with Crippen LogP contribution in [0.25, 0.3) is 0 Å². The Hall–Kier alpha value is -0.160. The number of hydrogen-bond donors (Lipinski definition) is 4. The van der Waals surface area contributed by atoms with Gasteiger partial charge in [0.2, 0.25) is 0 Å². The Morgan fingerprint density at radius 2 is 0.714 bits per heavy atom. The Morgan fingerprint density at radius 1 is 0.500 bits per heavy atom. The zero-order chi connectivity index (χ0) is 10.6. The van der Waals surface area contributed by atoms with Crippen LogP contribution in [0, 0.1) is 0 Å². The molecule has 0 unspecified atom stereocenters. The summed E-state index contributed by atoms with van der Waals surface area (Å²) in [7, 11) is 0. The normalized spacial score (nSPS) is 42.0. The summed E-state index contributed by atoms with van der Waals surface area (Å²) < 4.78 is 0. The van der Waals surface area contributed by atoms with Crippen molar-refractivity contribution >= 4 is 0 Å². The van der Waals surface area contributed by atoms with E-state index in [0.29, 0.717) is 0 Å². The minimum absolute atomic E-state index is 0.431. The highest BCUT2D eigenvalue weighted by atomic mass is 16.3. The number of aliphatic hydroxyl groups is 4. The fourth-order valence-corrected chi connectivity index (χ4v) is 1.84. The molecule has 14 heavy (non-hydrogen) atoms. The first kappa shape index (κ1) is 11.9. The van der Waals surface area contributed by atoms with Crippen LogP contribution in [0.3, 0.4) is 0 Å². The molecule has 2 aliphatic rings. The Labute approximate surface area is 84.2 Å². The molecule has 0 radical (unpaired) electrons. The van der Waals surface area contributed by atoms with Crippen LogP contribution in [0.5, 0.6) is 0 Å². The topological polar surface area (TPSA) is 80.9 Å². The number of aliphatic hydroxyl groups excluding tert-OH is 4. The van der Waals surface area contributed by atoms with Crippen LogP contribution in [0.2, 0.25) is 0 Å². The van der Waals surface area contributed by atoms with E-state index in [1.54, 1.807) is 0 Å². The van der Waals surface area contributed by atoms with Crippen LogP contribution >= 0.6 is 0 Å². The van der Waals surface area contributed by atoms with E-state index in [-0.39, 0.29) is 0 Å². The van der Waals surface area contributed by atoms with Crippen LogP contribution in [-0.2, 0) is 0 Å². The van der Waals surface area contributed by atoms with Gasteiger partial charge in [0, 0.05) is 0 Å². The summed E-state index contributed by atoms with van der Waals surface area (Å²) in [6.45, 7) is 0. The monoisotopic (exact) mass is 204 g/mol. The molecule has 4 atom stereocenters. The van der Waals surface area contributed by atoms with E-state index in [1.165, 1.54) is 0 Å². The molecule has 0 aromatic heterocycles. The van der Waals surface area contributed by atoms with Crippen molar-refractivity contribution in [1.29, 1.82) is 0 Å². The molecule has 0 aromatic rings. The summed E-state index contributed by atoms with van der Waals surface area (Å²) >= 11 is 0. The third-order valence-electron chi connectivity index (χ3n) is 2.89. The first-order valence-electron chi connectivity index (χ1n) is 5.33. The smallest absolute Gasteiger partial charge is 0.0799 e. The van der Waals surface area contributed by atoms with Gasteiger partial charge in [0.1, 0.15) is 0 Å². The van der Waals surface area contributed by atoms with E-state index in [2.05, 4.69) is 0 Å². The van der Waals surface area contributed by atoms with Gasteiger partial charge >= 0.3 is 0 Å². The molecule has 4 nitrogen and oxygen atoms in total. The zero-order valence-electron chi connectivity index (χ0n) is 8.34. The first-order chi connectivity index (χ1) is 6.61. The Morgan fingerprint density at radius 3 is 0.786 bits per heavy atom. The molecule has 0 saturated heterocycles. The summed E-state index contributed by atoms with van der Waals surface area (Å²) in [5.74, 6) is 0. The largest absolute Gasteiger partial charge is 0.390 e. The molecular weight excluding hydrogens is 184 g/mol. The molecule has 0 bridgehead atoms. The average Bonchev–Trinajstić information content (AvgIpc) is 2.67. The van der Waals surface area contributed by atoms with Crippen molar-refractivity contribution in [2.75, 3.05) is 0 Å². The third-order valence-corrected chi connectivity index (χ3v) is 2.89. The molecule has 4 N–H and O–H groups in total. The van der Waals surface area contributed by atoms with Crippen LogP contribution < -0.4 is 0 Å². The van der Waals surface area contributed by atoms with Gasteiger partial charge in [-0.15, -0.1) is 0 Å². The van der Waals surface area contributed by atoms with Crippen molar-refractivity contribution in [1.82, 2.24) is 0 Å². The maximum absolute atomic E-state index is 8.75. The lowest BCUT2D eigenvalue weighted by Crippen LogP contribution is -2.17. The van der Waals surface area contributed by atoms with Crippen molar-refractivity contribution < 1.29 is 20.4 Å². The lowest BCUT2D eigenvalue weighted by molar-refractivity contribution is 0.0438. The number of hydrogen-bond acceptors (Lipinski definition) is 4. The molecule has 0 spiro atoms. The Balaban J connectivity index is 0.000000140. The van der Waals surface area contributed by atoms with E-state index in [1.807, 2.05) is 0 Å². The number of rotatable bonds is 0. The van der Waals surface area contributed by atoms with E-state index in [4.69, 9.17) is 20.4 Å². The highest BCUT2D eigenvalue weighted by molar-refractivity contribution is 4.74. The molecule has 4 heteroatoms. The van der Waals surface area contributed by atoms with Gasteiger partial charge in [-0.25, -0.2) is 0 Å². The molecule has 0 heterocycles. The summed E-state index contributed by atoms with van der Waals surface area (Å²) in [5.41, 5.74) is 0. The average molecular weight is 204 g/mol. The Bertz CT molecular complexity index is 128. The predicted molar refractivity (Wildman–Crippen MR) is 51.7 cm³/mol. The molecule has 2 fully saturated rings. The minimum Gasteiger partial charge on any atom is -0.390 e. The molecular formula is C10H20O4. The fourth-order valence-electron chi connectivity index (χ4n) is 1.84. The van der Waals surface area contributed by atoms with Gasteiger partial charge in [-0.3, -0.25) is 0 Å². The fraction of sp³-hybridized carbons (Fsp3) is 1.00. The second kappa shape index (κ2) is 5.66. The van der Waals surface area contributed by atoms with Crippen molar-refractivity contribution in [3.63, 3.8) is 0 Å². The van der Waals surface area contributed by atoms with Gasteiger partial charge in [-0.2, -0.15) is 0 Å². The molecule has 84 valence electrons. The quantitative estimate of drug-likeness (QED) is 0.440. The van der Waals surface area contributed by atoms with Gasteiger partial charge in [-0.05, 0) is 38.5 Å². The van der Waals surface area contributed by atoms with E-state index in [9.17, 15) is 0 Å². The maximum Gasteiger partial charge on any atom is 0.0799 e. The van der Waals surface area contributed by atoms with E-state index >= 15 is 0 Å². The van der Waals surface area contributed by atoms with Crippen LogP contribution in [0.1, 0.15) is 38.5 Å². The molecule has 2 saturated carbocycles. The lowest BCUT2D eigenvalue weighted by atomic mass is 10.3. The summed E-state index contributed by atoms with van der Waals surface area (Å²) in [5, 5.41) is 35.0. The molecule has 0 aromatic carbocycles. The molecule has 2 aliphatic carbocycles. The van der Waals surface area contributed by atoms with Crippen LogP contribution in [0.15, 0.2) is 0 Å². The predicted octanol–water partition coefficient (Wildman–Crippen LogP) is -0.216. The van der Waals surface area contributed by atoms with Gasteiger partial charge < -0.3 is 20.4 Å². The molecule has 2 rings (SSSR count). The van der Waals surface area contributed by atoms with E-state index in [0.717, 1.165) is 38.5 Å². The van der Waals surface area contributed by atoms with Crippen molar-refractivity contribution in [3.8, 4) is 0 Å². The summed E-state index contributed by atoms with van der Waals surface area (Å²) in [6.07, 6.45) is 3.34. The SMILES string of the molecule is O[C@@H]1CCC[C@H]1O.O[C@H]1CCC[C@@H]1O. The van der Waals surface area contributed by atoms with Gasteiger partial charge in [-0.1, -0.05) is 0 Å². The van der Waals surface area contributed by atoms with Crippen LogP contribution in [0.4, 0.5) is 0 Å². The summed E-state index contributed by atoms with van der Waals surface area (Å²) in [4.78, 5) is 0. The van der Waals surface area contributed by atoms with Crippen molar-refractivity contribution in [3.05, 3.63) is 0 Å². The summed E-state index contributed by atoms with van der Waals surface area (Å²) in [6, 6.07) is 0. The highest BCUT2D eigenvalue weighted by Gasteiger charge is 2.22. The van der Waals surface area contributed by atoms with Gasteiger partial charge in [0.15, 0.2) is 0 Å². The second-order valence-corrected chi connectivity index (χ2v) is 4.13. The van der Waals surface area contributed by atoms with Crippen molar-refractivity contribution in [2.45, 2.75) is 62.9 Å². The minimum atomic E-state index is -0.431. The molecule has 0 aliphatic heterocycles. The molecule has 0 amide bonds. The first-order valence-corrected chi connectivity index (χ1v) is 5.33. The van der Waals surface area contributed by atoms with Gasteiger partial charge in [0.05, 0.1) is 24.4 Å². The highest BCUT2D eigenvalue weighted by Crippen LogP contribution is 2.18. The van der Waals surface area contributed by atoms with Crippen LogP contribution in [-0.4, -0.2) is 44.8 Å². The lowest BCUT2D eigenvalue weighted by Gasteiger charge is -2.03. The zero-order valence-corrected chi connectivity index (χ0v) is 8.34. The van der Waals surface area contributed by atoms with Gasteiger partial charge in [0.25, 0.3) is 0 Å². The second-order valence-electron chi connectivity index (χ2n) is 4.13. The third kappa shape index (κ3) is 3.53. The maximum atomic E-state index is 8.75. The van der Waals surface area contributed by atoms with Crippen molar-refractivity contribution in [2.24, 2.45) is 0 Å².